The van der Waals surface area contributed by atoms with E-state index in [1.807, 2.05) is 19.2 Å². The van der Waals surface area contributed by atoms with Crippen LogP contribution in [0.1, 0.15) is 32.3 Å². The van der Waals surface area contributed by atoms with E-state index in [1.165, 1.54) is 5.56 Å². The number of hydrogen-bond donors (Lipinski definition) is 2. The molecule has 31 heavy (non-hydrogen) atoms. The lowest BCUT2D eigenvalue weighted by Gasteiger charge is -2.38. The van der Waals surface area contributed by atoms with Crippen LogP contribution in [-0.2, 0) is 14.9 Å². The lowest BCUT2D eigenvalue weighted by Crippen LogP contribution is -2.52. The number of guanidine groups is 1. The van der Waals surface area contributed by atoms with E-state index in [0.29, 0.717) is 5.92 Å². The first kappa shape index (κ1) is 26.6. The van der Waals surface area contributed by atoms with Gasteiger partial charge in [0.25, 0.3) is 0 Å². The number of morpholine rings is 1. The quantitative estimate of drug-likeness (QED) is 0.302. The Morgan fingerprint density at radius 1 is 1.26 bits per heavy atom. The van der Waals surface area contributed by atoms with Gasteiger partial charge in [0.2, 0.25) is 0 Å². The molecule has 0 radical (unpaired) electrons. The van der Waals surface area contributed by atoms with Gasteiger partial charge in [-0.3, -0.25) is 9.89 Å². The fourth-order valence-electron chi connectivity index (χ4n) is 4.42. The van der Waals surface area contributed by atoms with Crippen molar-refractivity contribution in [2.75, 3.05) is 59.6 Å². The van der Waals surface area contributed by atoms with Gasteiger partial charge in [0, 0.05) is 63.4 Å². The molecule has 2 N–H and O–H groups in total. The van der Waals surface area contributed by atoms with Crippen LogP contribution in [-0.4, -0.2) is 76.6 Å². The van der Waals surface area contributed by atoms with Gasteiger partial charge in [-0.25, -0.2) is 0 Å². The summed E-state index contributed by atoms with van der Waals surface area (Å²) in [4.78, 5) is 6.93. The number of rotatable bonds is 7. The highest BCUT2D eigenvalue weighted by molar-refractivity contribution is 14.0. The van der Waals surface area contributed by atoms with Crippen LogP contribution in [0, 0.1) is 5.92 Å². The fraction of sp³-hybridized carbons (Fsp3) is 0.696. The van der Waals surface area contributed by atoms with Crippen LogP contribution in [0.3, 0.4) is 0 Å². The van der Waals surface area contributed by atoms with Crippen LogP contribution in [0.15, 0.2) is 29.3 Å². The smallest absolute Gasteiger partial charge is 0.191 e. The van der Waals surface area contributed by atoms with Gasteiger partial charge in [-0.1, -0.05) is 37.6 Å². The zero-order valence-corrected chi connectivity index (χ0v) is 22.1. The molecule has 1 unspecified atom stereocenters. The first-order chi connectivity index (χ1) is 14.5. The predicted octanol–water partition coefficient (Wildman–Crippen LogP) is 3.53. The largest absolute Gasteiger partial charge is 0.381 e. The third kappa shape index (κ3) is 8.03. The van der Waals surface area contributed by atoms with E-state index in [-0.39, 0.29) is 35.5 Å². The maximum Gasteiger partial charge on any atom is 0.191 e. The molecular formula is C23H38ClIN4O2. The number of aliphatic imine (C=N–C) groups is 1. The molecule has 0 aromatic heterocycles. The maximum absolute atomic E-state index is 6.29. The second-order valence-electron chi connectivity index (χ2n) is 8.86. The molecule has 2 fully saturated rings. The summed E-state index contributed by atoms with van der Waals surface area (Å²) in [7, 11) is 1.82. The molecule has 0 aliphatic carbocycles. The van der Waals surface area contributed by atoms with Crippen molar-refractivity contribution >= 4 is 41.5 Å². The van der Waals surface area contributed by atoms with Crippen molar-refractivity contribution in [2.45, 2.75) is 38.2 Å². The average molecular weight is 565 g/mol. The summed E-state index contributed by atoms with van der Waals surface area (Å²) in [5.74, 6) is 1.49. The third-order valence-corrected chi connectivity index (χ3v) is 6.28. The summed E-state index contributed by atoms with van der Waals surface area (Å²) in [6.45, 7) is 11.5. The van der Waals surface area contributed by atoms with E-state index in [0.717, 1.165) is 76.4 Å². The Labute approximate surface area is 209 Å². The molecular weight excluding hydrogens is 527 g/mol. The number of ether oxygens (including phenoxy) is 2. The molecule has 176 valence electrons. The Bertz CT molecular complexity index is 698. The fourth-order valence-corrected chi connectivity index (χ4v) is 4.61. The zero-order valence-electron chi connectivity index (χ0n) is 19.0. The first-order valence-corrected chi connectivity index (χ1v) is 11.5. The van der Waals surface area contributed by atoms with Crippen molar-refractivity contribution in [3.05, 3.63) is 34.9 Å². The molecule has 0 bridgehead atoms. The van der Waals surface area contributed by atoms with E-state index in [1.54, 1.807) is 0 Å². The highest BCUT2D eigenvalue weighted by Gasteiger charge is 2.35. The minimum Gasteiger partial charge on any atom is -0.381 e. The molecule has 6 nitrogen and oxygen atoms in total. The van der Waals surface area contributed by atoms with Gasteiger partial charge < -0.3 is 20.1 Å². The topological polar surface area (TPSA) is 58.1 Å². The first-order valence-electron chi connectivity index (χ1n) is 11.1. The van der Waals surface area contributed by atoms with Crippen LogP contribution < -0.4 is 10.6 Å². The number of hydrogen-bond acceptors (Lipinski definition) is 4. The van der Waals surface area contributed by atoms with E-state index in [2.05, 4.69) is 46.5 Å². The van der Waals surface area contributed by atoms with E-state index in [4.69, 9.17) is 21.1 Å². The summed E-state index contributed by atoms with van der Waals surface area (Å²) in [6, 6.07) is 8.22. The predicted molar refractivity (Wildman–Crippen MR) is 139 cm³/mol. The average Bonchev–Trinajstić information content (AvgIpc) is 2.74. The van der Waals surface area contributed by atoms with Crippen molar-refractivity contribution in [1.82, 2.24) is 15.5 Å². The second-order valence-corrected chi connectivity index (χ2v) is 9.29. The SMILES string of the molecule is CN=C(NCC1CN(CC(C)C)CCO1)NCC1(c2cccc(Cl)c2)CCOCC1.I. The van der Waals surface area contributed by atoms with E-state index < -0.39 is 0 Å². The van der Waals surface area contributed by atoms with Crippen molar-refractivity contribution in [3.63, 3.8) is 0 Å². The Morgan fingerprint density at radius 3 is 2.71 bits per heavy atom. The Kier molecular flexibility index (Phi) is 11.3. The van der Waals surface area contributed by atoms with Crippen LogP contribution in [0.5, 0.6) is 0 Å². The molecule has 2 saturated heterocycles. The molecule has 2 aliphatic heterocycles. The molecule has 1 aromatic rings. The van der Waals surface area contributed by atoms with Crippen LogP contribution in [0.25, 0.3) is 0 Å². The monoisotopic (exact) mass is 564 g/mol. The summed E-state index contributed by atoms with van der Waals surface area (Å²) >= 11 is 6.29. The zero-order chi connectivity index (χ0) is 21.4. The van der Waals surface area contributed by atoms with Gasteiger partial charge in [0.1, 0.15) is 0 Å². The highest BCUT2D eigenvalue weighted by atomic mass is 127. The Balaban J connectivity index is 0.00000341. The van der Waals surface area contributed by atoms with Crippen molar-refractivity contribution < 1.29 is 9.47 Å². The van der Waals surface area contributed by atoms with Crippen molar-refractivity contribution in [3.8, 4) is 0 Å². The van der Waals surface area contributed by atoms with Gasteiger partial charge in [-0.15, -0.1) is 24.0 Å². The van der Waals surface area contributed by atoms with Crippen LogP contribution >= 0.6 is 35.6 Å². The molecule has 1 aromatic carbocycles. The summed E-state index contributed by atoms with van der Waals surface area (Å²) < 4.78 is 11.6. The van der Waals surface area contributed by atoms with Gasteiger partial charge in [-0.05, 0) is 36.5 Å². The molecule has 0 saturated carbocycles. The number of nitrogens with zero attached hydrogens (tertiary/aromatic N) is 2. The number of nitrogens with one attached hydrogen (secondary N) is 2. The molecule has 3 rings (SSSR count). The molecule has 8 heteroatoms. The van der Waals surface area contributed by atoms with Gasteiger partial charge in [0.15, 0.2) is 5.96 Å². The van der Waals surface area contributed by atoms with Crippen molar-refractivity contribution in [1.29, 1.82) is 0 Å². The summed E-state index contributed by atoms with van der Waals surface area (Å²) in [5.41, 5.74) is 1.26. The summed E-state index contributed by atoms with van der Waals surface area (Å²) in [6.07, 6.45) is 2.11. The second kappa shape index (κ2) is 13.2. The van der Waals surface area contributed by atoms with E-state index >= 15 is 0 Å². The molecule has 0 amide bonds. The normalized spacial score (nSPS) is 22.1. The van der Waals surface area contributed by atoms with Gasteiger partial charge in [0.05, 0.1) is 12.7 Å². The van der Waals surface area contributed by atoms with E-state index in [9.17, 15) is 0 Å². The molecule has 1 atom stereocenters. The van der Waals surface area contributed by atoms with Gasteiger partial charge in [-0.2, -0.15) is 0 Å². The highest BCUT2D eigenvalue weighted by Crippen LogP contribution is 2.35. The number of halogens is 2. The third-order valence-electron chi connectivity index (χ3n) is 6.05. The van der Waals surface area contributed by atoms with Gasteiger partial charge >= 0.3 is 0 Å². The molecule has 2 aliphatic rings. The van der Waals surface area contributed by atoms with Crippen LogP contribution in [0.2, 0.25) is 5.02 Å². The lowest BCUT2D eigenvalue weighted by molar-refractivity contribution is -0.0284. The van der Waals surface area contributed by atoms with Crippen molar-refractivity contribution in [2.24, 2.45) is 10.9 Å². The lowest BCUT2D eigenvalue weighted by atomic mass is 9.74. The summed E-state index contributed by atoms with van der Waals surface area (Å²) in [5, 5.41) is 7.79. The van der Waals surface area contributed by atoms with Crippen LogP contribution in [0.4, 0.5) is 0 Å². The Hall–Kier alpha value is -0.610. The standard InChI is InChI=1S/C23H37ClN4O2.HI/c1-18(2)15-28-9-12-30-21(16-28)14-26-22(25-3)27-17-23(7-10-29-11-8-23)19-5-4-6-20(24)13-19;/h4-6,13,18,21H,7-12,14-17H2,1-3H3,(H2,25,26,27);1H. The minimum absolute atomic E-state index is 0. The Morgan fingerprint density at radius 2 is 2.03 bits per heavy atom. The molecule has 2 heterocycles. The molecule has 0 spiro atoms. The maximum atomic E-state index is 6.29. The minimum atomic E-state index is -0.00380. The number of benzene rings is 1.